The molecule has 16 heavy (non-hydrogen) atoms. The van der Waals surface area contributed by atoms with Gasteiger partial charge in [-0.05, 0) is 36.9 Å². The van der Waals surface area contributed by atoms with Crippen LogP contribution in [0, 0.1) is 11.7 Å². The molecule has 1 aromatic heterocycles. The van der Waals surface area contributed by atoms with Crippen molar-refractivity contribution in [1.82, 2.24) is 9.88 Å². The number of aliphatic hydroxyl groups is 1. The predicted molar refractivity (Wildman–Crippen MR) is 59.3 cm³/mol. The van der Waals surface area contributed by atoms with Gasteiger partial charge in [0.15, 0.2) is 0 Å². The second kappa shape index (κ2) is 5.37. The lowest BCUT2D eigenvalue weighted by atomic mass is 9.99. The van der Waals surface area contributed by atoms with Crippen molar-refractivity contribution in [2.45, 2.75) is 19.4 Å². The molecular weight excluding hydrogens is 207 g/mol. The molecule has 0 saturated carbocycles. The Bertz CT molecular complexity index is 346. The standard InChI is InChI=1S/C12H17FN2O/c13-12-4-11(5-14-6-12)8-15-3-1-2-10(7-15)9-16/h4-6,10,16H,1-3,7-9H2/t10-/m1/s1. The van der Waals surface area contributed by atoms with Gasteiger partial charge in [-0.3, -0.25) is 9.88 Å². The number of pyridine rings is 1. The quantitative estimate of drug-likeness (QED) is 0.843. The number of nitrogens with zero attached hydrogens (tertiary/aromatic N) is 2. The van der Waals surface area contributed by atoms with Gasteiger partial charge in [0.05, 0.1) is 6.20 Å². The van der Waals surface area contributed by atoms with Crippen LogP contribution in [-0.4, -0.2) is 34.7 Å². The van der Waals surface area contributed by atoms with Crippen LogP contribution in [0.5, 0.6) is 0 Å². The summed E-state index contributed by atoms with van der Waals surface area (Å²) in [5.41, 5.74) is 0.901. The highest BCUT2D eigenvalue weighted by atomic mass is 19.1. The minimum absolute atomic E-state index is 0.248. The first kappa shape index (κ1) is 11.5. The van der Waals surface area contributed by atoms with Gasteiger partial charge in [0.2, 0.25) is 0 Å². The van der Waals surface area contributed by atoms with Gasteiger partial charge in [0, 0.05) is 25.9 Å². The number of halogens is 1. The molecule has 0 radical (unpaired) electrons. The Morgan fingerprint density at radius 1 is 1.50 bits per heavy atom. The van der Waals surface area contributed by atoms with E-state index in [2.05, 4.69) is 9.88 Å². The third kappa shape index (κ3) is 3.00. The van der Waals surface area contributed by atoms with Crippen molar-refractivity contribution < 1.29 is 9.50 Å². The summed E-state index contributed by atoms with van der Waals surface area (Å²) in [7, 11) is 0. The van der Waals surface area contributed by atoms with Crippen molar-refractivity contribution in [1.29, 1.82) is 0 Å². The van der Waals surface area contributed by atoms with E-state index < -0.39 is 0 Å². The summed E-state index contributed by atoms with van der Waals surface area (Å²) in [4.78, 5) is 6.09. The van der Waals surface area contributed by atoms with Crippen LogP contribution >= 0.6 is 0 Å². The Morgan fingerprint density at radius 2 is 2.38 bits per heavy atom. The van der Waals surface area contributed by atoms with E-state index in [0.29, 0.717) is 5.92 Å². The van der Waals surface area contributed by atoms with Gasteiger partial charge < -0.3 is 5.11 Å². The molecule has 88 valence electrons. The third-order valence-electron chi connectivity index (χ3n) is 3.03. The molecule has 0 bridgehead atoms. The van der Waals surface area contributed by atoms with Gasteiger partial charge in [-0.2, -0.15) is 0 Å². The summed E-state index contributed by atoms with van der Waals surface area (Å²) >= 11 is 0. The SMILES string of the molecule is OC[C@@H]1CCCN(Cc2cncc(F)c2)C1. The Morgan fingerprint density at radius 3 is 3.12 bits per heavy atom. The maximum Gasteiger partial charge on any atom is 0.141 e. The first-order valence-electron chi connectivity index (χ1n) is 5.70. The van der Waals surface area contributed by atoms with E-state index in [-0.39, 0.29) is 12.4 Å². The molecule has 1 N–H and O–H groups in total. The number of rotatable bonds is 3. The molecule has 0 spiro atoms. The van der Waals surface area contributed by atoms with E-state index in [9.17, 15) is 4.39 Å². The predicted octanol–water partition coefficient (Wildman–Crippen LogP) is 1.43. The zero-order valence-corrected chi connectivity index (χ0v) is 9.27. The fourth-order valence-corrected chi connectivity index (χ4v) is 2.24. The fourth-order valence-electron chi connectivity index (χ4n) is 2.24. The number of hydrogen-bond acceptors (Lipinski definition) is 3. The topological polar surface area (TPSA) is 36.4 Å². The van der Waals surface area contributed by atoms with Crippen molar-refractivity contribution in [3.8, 4) is 0 Å². The fraction of sp³-hybridized carbons (Fsp3) is 0.583. The Kier molecular flexibility index (Phi) is 3.85. The van der Waals surface area contributed by atoms with Gasteiger partial charge >= 0.3 is 0 Å². The van der Waals surface area contributed by atoms with Crippen molar-refractivity contribution in [3.63, 3.8) is 0 Å². The molecule has 1 aliphatic heterocycles. The Hall–Kier alpha value is -1.00. The minimum Gasteiger partial charge on any atom is -0.396 e. The second-order valence-corrected chi connectivity index (χ2v) is 4.44. The molecule has 1 fully saturated rings. The third-order valence-corrected chi connectivity index (χ3v) is 3.03. The van der Waals surface area contributed by atoms with E-state index in [1.807, 2.05) is 0 Å². The molecule has 1 aliphatic rings. The molecule has 0 aromatic carbocycles. The molecule has 1 atom stereocenters. The Balaban J connectivity index is 1.94. The summed E-state index contributed by atoms with van der Waals surface area (Å²) < 4.78 is 12.9. The number of aliphatic hydroxyl groups excluding tert-OH is 1. The zero-order chi connectivity index (χ0) is 11.4. The second-order valence-electron chi connectivity index (χ2n) is 4.44. The lowest BCUT2D eigenvalue weighted by Crippen LogP contribution is -2.36. The molecule has 2 rings (SSSR count). The average Bonchev–Trinajstić information content (AvgIpc) is 2.29. The first-order valence-corrected chi connectivity index (χ1v) is 5.70. The van der Waals surface area contributed by atoms with Crippen LogP contribution in [0.2, 0.25) is 0 Å². The summed E-state index contributed by atoms with van der Waals surface area (Å²) in [5.74, 6) is 0.0866. The largest absolute Gasteiger partial charge is 0.396 e. The highest BCUT2D eigenvalue weighted by Gasteiger charge is 2.19. The number of likely N-dealkylation sites (tertiary alicyclic amines) is 1. The monoisotopic (exact) mass is 224 g/mol. The van der Waals surface area contributed by atoms with Crippen molar-refractivity contribution in [2.75, 3.05) is 19.7 Å². The van der Waals surface area contributed by atoms with Crippen LogP contribution in [0.25, 0.3) is 0 Å². The van der Waals surface area contributed by atoms with Gasteiger partial charge in [-0.1, -0.05) is 0 Å². The van der Waals surface area contributed by atoms with Gasteiger partial charge in [-0.25, -0.2) is 4.39 Å². The summed E-state index contributed by atoms with van der Waals surface area (Å²) in [5, 5.41) is 9.12. The Labute approximate surface area is 94.9 Å². The summed E-state index contributed by atoms with van der Waals surface area (Å²) in [6, 6.07) is 1.52. The first-order chi connectivity index (χ1) is 7.78. The number of aromatic nitrogens is 1. The van der Waals surface area contributed by atoms with E-state index in [4.69, 9.17) is 5.11 Å². The molecule has 3 nitrogen and oxygen atoms in total. The maximum absolute atomic E-state index is 12.9. The van der Waals surface area contributed by atoms with Crippen LogP contribution in [-0.2, 0) is 6.54 Å². The minimum atomic E-state index is -0.284. The van der Waals surface area contributed by atoms with Gasteiger partial charge in [0.25, 0.3) is 0 Å². The summed E-state index contributed by atoms with van der Waals surface area (Å²) in [6.07, 6.45) is 5.12. The molecule has 1 saturated heterocycles. The van der Waals surface area contributed by atoms with Crippen LogP contribution in [0.1, 0.15) is 18.4 Å². The van der Waals surface area contributed by atoms with E-state index >= 15 is 0 Å². The normalized spacial score (nSPS) is 22.2. The zero-order valence-electron chi connectivity index (χ0n) is 9.27. The molecule has 0 aliphatic carbocycles. The van der Waals surface area contributed by atoms with E-state index in [0.717, 1.165) is 38.0 Å². The molecule has 4 heteroatoms. The highest BCUT2D eigenvalue weighted by molar-refractivity contribution is 5.10. The van der Waals surface area contributed by atoms with E-state index in [1.54, 1.807) is 6.20 Å². The highest BCUT2D eigenvalue weighted by Crippen LogP contribution is 2.17. The smallest absolute Gasteiger partial charge is 0.141 e. The maximum atomic E-state index is 12.9. The molecule has 0 amide bonds. The van der Waals surface area contributed by atoms with Crippen LogP contribution in [0.4, 0.5) is 4.39 Å². The van der Waals surface area contributed by atoms with Crippen molar-refractivity contribution in [3.05, 3.63) is 29.8 Å². The van der Waals surface area contributed by atoms with Crippen LogP contribution < -0.4 is 0 Å². The molecule has 2 heterocycles. The lowest BCUT2D eigenvalue weighted by molar-refractivity contribution is 0.115. The lowest BCUT2D eigenvalue weighted by Gasteiger charge is -2.31. The number of hydrogen-bond donors (Lipinski definition) is 1. The van der Waals surface area contributed by atoms with Crippen LogP contribution in [0.3, 0.4) is 0 Å². The van der Waals surface area contributed by atoms with Crippen molar-refractivity contribution in [2.24, 2.45) is 5.92 Å². The van der Waals surface area contributed by atoms with Gasteiger partial charge in [-0.15, -0.1) is 0 Å². The molecule has 1 aromatic rings. The average molecular weight is 224 g/mol. The van der Waals surface area contributed by atoms with E-state index in [1.165, 1.54) is 12.3 Å². The number of piperidine rings is 1. The van der Waals surface area contributed by atoms with Crippen LogP contribution in [0.15, 0.2) is 18.5 Å². The van der Waals surface area contributed by atoms with Gasteiger partial charge in [0.1, 0.15) is 5.82 Å². The summed E-state index contributed by atoms with van der Waals surface area (Å²) in [6.45, 7) is 2.89. The molecule has 0 unspecified atom stereocenters. The molecular formula is C12H17FN2O. The van der Waals surface area contributed by atoms with Crippen molar-refractivity contribution >= 4 is 0 Å².